The molecule has 1 unspecified atom stereocenters. The van der Waals surface area contributed by atoms with Gasteiger partial charge >= 0.3 is 0 Å². The van der Waals surface area contributed by atoms with Gasteiger partial charge in [0.05, 0.1) is 32.7 Å². The van der Waals surface area contributed by atoms with Gasteiger partial charge in [0, 0.05) is 23.0 Å². The average Bonchev–Trinajstić information content (AvgIpc) is 2.82. The molecule has 1 aliphatic rings. The molecule has 4 rings (SSSR count). The Kier molecular flexibility index (Phi) is 7.62. The molecule has 1 aliphatic heterocycles. The lowest BCUT2D eigenvalue weighted by Gasteiger charge is -2.19. The van der Waals surface area contributed by atoms with Gasteiger partial charge in [-0.3, -0.25) is 4.79 Å². The fourth-order valence-electron chi connectivity index (χ4n) is 3.71. The summed E-state index contributed by atoms with van der Waals surface area (Å²) in [6, 6.07) is 5.99. The monoisotopic (exact) mass is 521 g/mol. The second-order valence-corrected chi connectivity index (χ2v) is 11.0. The molecule has 192 valence electrons. The number of amides is 1. The van der Waals surface area contributed by atoms with Gasteiger partial charge in [-0.25, -0.2) is 27.3 Å². The third-order valence-corrected chi connectivity index (χ3v) is 8.10. The Balaban J connectivity index is 1.63. The standard InChI is InChI=1S/C24H26F3N5O3S/c1-3-15-9-17(32-36(34)7-4-8-36)11-19-22(15)24(29-13-28-19)31-18-6-5-16(25)10-20(18)35-12-21(33)30-14(2)23(26)27/h5-6,9-11,13-14,23H,3-4,7-8,12H2,1-2H3,(H,30,33)(H,28,29,31). The number of hydrogen-bond donors (Lipinski definition) is 2. The van der Waals surface area contributed by atoms with Crippen molar-refractivity contribution in [3.8, 4) is 5.75 Å². The topological polar surface area (TPSA) is 106 Å². The van der Waals surface area contributed by atoms with E-state index < -0.39 is 40.5 Å². The van der Waals surface area contributed by atoms with Crippen LogP contribution in [-0.4, -0.2) is 50.7 Å². The van der Waals surface area contributed by atoms with Crippen LogP contribution in [0, 0.1) is 5.82 Å². The molecule has 1 atom stereocenters. The molecule has 36 heavy (non-hydrogen) atoms. The molecule has 3 aromatic rings. The maximum atomic E-state index is 13.9. The Bertz CT molecular complexity index is 1400. The predicted octanol–water partition coefficient (Wildman–Crippen LogP) is 4.73. The van der Waals surface area contributed by atoms with E-state index in [9.17, 15) is 22.2 Å². The number of benzene rings is 2. The molecule has 2 heterocycles. The molecule has 0 aliphatic carbocycles. The molecule has 0 spiro atoms. The maximum absolute atomic E-state index is 13.9. The van der Waals surface area contributed by atoms with E-state index in [0.29, 0.717) is 46.0 Å². The van der Waals surface area contributed by atoms with Gasteiger partial charge < -0.3 is 15.4 Å². The highest BCUT2D eigenvalue weighted by Gasteiger charge is 2.21. The second kappa shape index (κ2) is 10.7. The van der Waals surface area contributed by atoms with Crippen LogP contribution in [-0.2, 0) is 20.9 Å². The lowest BCUT2D eigenvalue weighted by atomic mass is 10.1. The van der Waals surface area contributed by atoms with Gasteiger partial charge in [-0.2, -0.15) is 4.36 Å². The van der Waals surface area contributed by atoms with Crippen LogP contribution >= 0.6 is 0 Å². The van der Waals surface area contributed by atoms with Crippen LogP contribution < -0.4 is 15.4 Å². The highest BCUT2D eigenvalue weighted by molar-refractivity contribution is 7.95. The van der Waals surface area contributed by atoms with Crippen LogP contribution in [0.15, 0.2) is 41.0 Å². The minimum atomic E-state index is -2.72. The lowest BCUT2D eigenvalue weighted by molar-refractivity contribution is -0.124. The molecule has 0 saturated carbocycles. The van der Waals surface area contributed by atoms with Gasteiger partial charge in [0.1, 0.15) is 23.7 Å². The zero-order valence-corrected chi connectivity index (χ0v) is 20.6. The number of nitrogens with zero attached hydrogens (tertiary/aromatic N) is 3. The molecule has 2 N–H and O–H groups in total. The molecular weight excluding hydrogens is 495 g/mol. The zero-order chi connectivity index (χ0) is 25.9. The number of aromatic nitrogens is 2. The van der Waals surface area contributed by atoms with Gasteiger partial charge in [-0.15, -0.1) is 0 Å². The number of ether oxygens (including phenoxy) is 1. The van der Waals surface area contributed by atoms with E-state index in [-0.39, 0.29) is 5.75 Å². The van der Waals surface area contributed by atoms with Gasteiger partial charge in [0.15, 0.2) is 6.61 Å². The number of aryl methyl sites for hydroxylation is 1. The van der Waals surface area contributed by atoms with Crippen LogP contribution in [0.4, 0.5) is 30.4 Å². The molecule has 0 bridgehead atoms. The van der Waals surface area contributed by atoms with Gasteiger partial charge in [-0.05, 0) is 49.6 Å². The van der Waals surface area contributed by atoms with Crippen molar-refractivity contribution in [1.29, 1.82) is 0 Å². The first-order valence-electron chi connectivity index (χ1n) is 11.4. The first-order valence-corrected chi connectivity index (χ1v) is 13.3. The van der Waals surface area contributed by atoms with Crippen LogP contribution in [0.3, 0.4) is 0 Å². The Morgan fingerprint density at radius 1 is 1.22 bits per heavy atom. The molecule has 1 aromatic heterocycles. The van der Waals surface area contributed by atoms with E-state index in [1.807, 2.05) is 13.0 Å². The molecule has 1 fully saturated rings. The van der Waals surface area contributed by atoms with Crippen molar-refractivity contribution >= 4 is 43.7 Å². The number of nitrogens with one attached hydrogen (secondary N) is 2. The number of carbonyl (C=O) groups is 1. The average molecular weight is 522 g/mol. The third-order valence-electron chi connectivity index (χ3n) is 5.71. The molecule has 8 nitrogen and oxygen atoms in total. The van der Waals surface area contributed by atoms with Crippen molar-refractivity contribution in [1.82, 2.24) is 15.3 Å². The molecule has 2 aromatic carbocycles. The summed E-state index contributed by atoms with van der Waals surface area (Å²) in [6.07, 6.45) is 0.169. The summed E-state index contributed by atoms with van der Waals surface area (Å²) in [6.45, 7) is 2.56. The Morgan fingerprint density at radius 2 is 2.00 bits per heavy atom. The fraction of sp³-hybridized carbons (Fsp3) is 0.375. The summed E-state index contributed by atoms with van der Waals surface area (Å²) in [5.41, 5.74) is 2.39. The molecule has 1 saturated heterocycles. The largest absolute Gasteiger partial charge is 0.481 e. The van der Waals surface area contributed by atoms with Crippen molar-refractivity contribution < 1.29 is 26.9 Å². The van der Waals surface area contributed by atoms with Crippen LogP contribution in [0.2, 0.25) is 0 Å². The third kappa shape index (κ3) is 5.86. The number of halogens is 3. The minimum Gasteiger partial charge on any atom is -0.481 e. The quantitative estimate of drug-likeness (QED) is 0.422. The molecule has 0 radical (unpaired) electrons. The summed E-state index contributed by atoms with van der Waals surface area (Å²) in [4.78, 5) is 20.7. The zero-order valence-electron chi connectivity index (χ0n) is 19.8. The lowest BCUT2D eigenvalue weighted by Crippen LogP contribution is -2.40. The smallest absolute Gasteiger partial charge is 0.258 e. The second-order valence-electron chi connectivity index (χ2n) is 8.45. The highest BCUT2D eigenvalue weighted by Crippen LogP contribution is 2.34. The van der Waals surface area contributed by atoms with Gasteiger partial charge in [-0.1, -0.05) is 6.92 Å². The van der Waals surface area contributed by atoms with E-state index in [4.69, 9.17) is 4.74 Å². The summed E-state index contributed by atoms with van der Waals surface area (Å²) in [7, 11) is -2.19. The summed E-state index contributed by atoms with van der Waals surface area (Å²) in [5, 5.41) is 5.94. The Morgan fingerprint density at radius 3 is 2.67 bits per heavy atom. The van der Waals surface area contributed by atoms with Crippen molar-refractivity contribution in [2.24, 2.45) is 4.36 Å². The van der Waals surface area contributed by atoms with E-state index >= 15 is 0 Å². The van der Waals surface area contributed by atoms with E-state index in [1.165, 1.54) is 25.4 Å². The Labute approximate surface area is 206 Å². The van der Waals surface area contributed by atoms with E-state index in [2.05, 4.69) is 25.0 Å². The summed E-state index contributed by atoms with van der Waals surface area (Å²) >= 11 is 0. The molecule has 12 heteroatoms. The van der Waals surface area contributed by atoms with E-state index in [1.54, 1.807) is 6.07 Å². The number of rotatable bonds is 9. The first kappa shape index (κ1) is 25.7. The van der Waals surface area contributed by atoms with Crippen molar-refractivity contribution in [2.75, 3.05) is 23.4 Å². The van der Waals surface area contributed by atoms with Gasteiger partial charge in [0.2, 0.25) is 0 Å². The molecular formula is C24H26F3N5O3S. The summed E-state index contributed by atoms with van der Waals surface area (Å²) in [5.74, 6) is 0.247. The van der Waals surface area contributed by atoms with Crippen molar-refractivity contribution in [3.05, 3.63) is 48.0 Å². The minimum absolute atomic E-state index is 0.00756. The summed E-state index contributed by atoms with van der Waals surface area (Å²) < 4.78 is 61.8. The number of hydrogen-bond acceptors (Lipinski definition) is 7. The molecule has 1 amide bonds. The fourth-order valence-corrected chi connectivity index (χ4v) is 5.16. The maximum Gasteiger partial charge on any atom is 0.258 e. The van der Waals surface area contributed by atoms with Crippen molar-refractivity contribution in [3.63, 3.8) is 0 Å². The van der Waals surface area contributed by atoms with Crippen LogP contribution in [0.1, 0.15) is 25.8 Å². The number of carbonyl (C=O) groups excluding carboxylic acids is 1. The number of fused-ring (bicyclic) bond motifs is 1. The van der Waals surface area contributed by atoms with Gasteiger partial charge in [0.25, 0.3) is 12.3 Å². The number of alkyl halides is 2. The van der Waals surface area contributed by atoms with E-state index in [0.717, 1.165) is 18.1 Å². The normalized spacial score (nSPS) is 15.3. The first-order chi connectivity index (χ1) is 17.2. The van der Waals surface area contributed by atoms with Crippen molar-refractivity contribution in [2.45, 2.75) is 39.2 Å². The highest BCUT2D eigenvalue weighted by atomic mass is 32.2. The number of anilines is 2. The SMILES string of the molecule is CCc1cc(N=S2(=O)CCC2)cc2ncnc(Nc3ccc(F)cc3OCC(=O)NC(C)C(F)F)c12. The Hall–Kier alpha value is -3.41. The predicted molar refractivity (Wildman–Crippen MR) is 132 cm³/mol. The van der Waals surface area contributed by atoms with Crippen LogP contribution in [0.5, 0.6) is 5.75 Å². The van der Waals surface area contributed by atoms with Crippen LogP contribution in [0.25, 0.3) is 10.9 Å².